The lowest BCUT2D eigenvalue weighted by Gasteiger charge is -2.23. The number of ether oxygens (including phenoxy) is 1. The molecule has 2 atom stereocenters. The zero-order valence-corrected chi connectivity index (χ0v) is 14.9. The maximum absolute atomic E-state index is 12.5. The fraction of sp³-hybridized carbons (Fsp3) is 0.421. The van der Waals surface area contributed by atoms with Gasteiger partial charge in [0.05, 0.1) is 26.0 Å². The van der Waals surface area contributed by atoms with Crippen LogP contribution in [0, 0.1) is 5.92 Å². The van der Waals surface area contributed by atoms with Gasteiger partial charge in [0.2, 0.25) is 0 Å². The van der Waals surface area contributed by atoms with Crippen molar-refractivity contribution >= 4 is 6.03 Å². The first-order valence-corrected chi connectivity index (χ1v) is 8.39. The Balaban J connectivity index is 2.19. The Labute approximate surface area is 148 Å². The maximum atomic E-state index is 12.5. The number of carbonyl (C=O) groups excluding carboxylic acids is 1. The largest absolute Gasteiger partial charge is 0.496 e. The quantitative estimate of drug-likeness (QED) is 0.686. The van der Waals surface area contributed by atoms with E-state index in [0.717, 1.165) is 5.56 Å². The maximum Gasteiger partial charge on any atom is 0.315 e. The summed E-state index contributed by atoms with van der Waals surface area (Å²) in [5.74, 6) is 1.63. The first-order valence-electron chi connectivity index (χ1n) is 8.39. The predicted octanol–water partition coefficient (Wildman–Crippen LogP) is 3.08. The SMILES string of the molecule is COc1ccccc1C(NC(=O)NC(CO)CC(C)C)c1ccco1. The highest BCUT2D eigenvalue weighted by atomic mass is 16.5. The Kier molecular flexibility index (Phi) is 6.89. The monoisotopic (exact) mass is 346 g/mol. The Morgan fingerprint density at radius 3 is 2.56 bits per heavy atom. The van der Waals surface area contributed by atoms with Crippen molar-refractivity contribution in [3.63, 3.8) is 0 Å². The molecule has 0 fully saturated rings. The average Bonchev–Trinajstić information content (AvgIpc) is 3.13. The van der Waals surface area contributed by atoms with Crippen LogP contribution in [0.2, 0.25) is 0 Å². The van der Waals surface area contributed by atoms with Crippen molar-refractivity contribution < 1.29 is 19.1 Å². The van der Waals surface area contributed by atoms with Gasteiger partial charge in [0, 0.05) is 5.56 Å². The lowest BCUT2D eigenvalue weighted by atomic mass is 10.0. The molecule has 0 saturated heterocycles. The molecule has 0 aliphatic heterocycles. The average molecular weight is 346 g/mol. The third-order valence-electron chi connectivity index (χ3n) is 3.86. The minimum atomic E-state index is -0.496. The third kappa shape index (κ3) is 5.26. The van der Waals surface area contributed by atoms with Crippen molar-refractivity contribution in [1.29, 1.82) is 0 Å². The van der Waals surface area contributed by atoms with E-state index in [-0.39, 0.29) is 18.7 Å². The van der Waals surface area contributed by atoms with Gasteiger partial charge in [0.15, 0.2) is 0 Å². The molecule has 1 aromatic carbocycles. The van der Waals surface area contributed by atoms with Gasteiger partial charge in [-0.25, -0.2) is 4.79 Å². The van der Waals surface area contributed by atoms with Crippen molar-refractivity contribution in [3.8, 4) is 5.75 Å². The highest BCUT2D eigenvalue weighted by Gasteiger charge is 2.23. The second-order valence-electron chi connectivity index (χ2n) is 6.32. The van der Waals surface area contributed by atoms with E-state index in [2.05, 4.69) is 10.6 Å². The van der Waals surface area contributed by atoms with Crippen LogP contribution < -0.4 is 15.4 Å². The summed E-state index contributed by atoms with van der Waals surface area (Å²) in [7, 11) is 1.59. The number of para-hydroxylation sites is 1. The first-order chi connectivity index (χ1) is 12.0. The number of hydrogen-bond donors (Lipinski definition) is 3. The summed E-state index contributed by atoms with van der Waals surface area (Å²) in [4.78, 5) is 12.5. The first kappa shape index (κ1) is 18.9. The van der Waals surface area contributed by atoms with Gasteiger partial charge >= 0.3 is 6.03 Å². The van der Waals surface area contributed by atoms with Crippen molar-refractivity contribution in [3.05, 3.63) is 54.0 Å². The van der Waals surface area contributed by atoms with E-state index in [0.29, 0.717) is 23.8 Å². The van der Waals surface area contributed by atoms with Crippen LogP contribution in [0.3, 0.4) is 0 Å². The lowest BCUT2D eigenvalue weighted by molar-refractivity contribution is 0.204. The number of furan rings is 1. The second kappa shape index (κ2) is 9.13. The molecule has 2 unspecified atom stereocenters. The third-order valence-corrected chi connectivity index (χ3v) is 3.86. The summed E-state index contributed by atoms with van der Waals surface area (Å²) in [6, 6.07) is 9.87. The molecule has 0 radical (unpaired) electrons. The summed E-state index contributed by atoms with van der Waals surface area (Å²) in [6.07, 6.45) is 2.26. The molecular weight excluding hydrogens is 320 g/mol. The summed E-state index contributed by atoms with van der Waals surface area (Å²) >= 11 is 0. The number of aliphatic hydroxyl groups is 1. The van der Waals surface area contributed by atoms with Crippen LogP contribution in [0.4, 0.5) is 4.79 Å². The molecule has 0 aliphatic carbocycles. The van der Waals surface area contributed by atoms with Gasteiger partial charge < -0.3 is 24.9 Å². The molecule has 25 heavy (non-hydrogen) atoms. The number of benzene rings is 1. The number of aliphatic hydroxyl groups excluding tert-OH is 1. The number of rotatable bonds is 8. The standard InChI is InChI=1S/C19H26N2O4/c1-13(2)11-14(12-22)20-19(23)21-18(17-9-6-10-25-17)15-7-4-5-8-16(15)24-3/h4-10,13-14,18,22H,11-12H2,1-3H3,(H2,20,21,23). The van der Waals surface area contributed by atoms with Gasteiger partial charge in [-0.1, -0.05) is 32.0 Å². The zero-order chi connectivity index (χ0) is 18.2. The van der Waals surface area contributed by atoms with E-state index in [1.807, 2.05) is 38.1 Å². The molecule has 6 nitrogen and oxygen atoms in total. The van der Waals surface area contributed by atoms with E-state index in [4.69, 9.17) is 9.15 Å². The number of amides is 2. The fourth-order valence-corrected chi connectivity index (χ4v) is 2.77. The molecule has 0 spiro atoms. The van der Waals surface area contributed by atoms with Crippen LogP contribution in [0.25, 0.3) is 0 Å². The molecule has 0 aliphatic rings. The number of nitrogens with one attached hydrogen (secondary N) is 2. The normalized spacial score (nSPS) is 13.3. The molecule has 2 amide bonds. The smallest absolute Gasteiger partial charge is 0.315 e. The van der Waals surface area contributed by atoms with Crippen LogP contribution in [-0.2, 0) is 0 Å². The minimum Gasteiger partial charge on any atom is -0.496 e. The van der Waals surface area contributed by atoms with Crippen molar-refractivity contribution in [2.45, 2.75) is 32.4 Å². The number of hydrogen-bond acceptors (Lipinski definition) is 4. The van der Waals surface area contributed by atoms with Crippen LogP contribution >= 0.6 is 0 Å². The predicted molar refractivity (Wildman–Crippen MR) is 95.5 cm³/mol. The molecule has 136 valence electrons. The van der Waals surface area contributed by atoms with Gasteiger partial charge in [-0.3, -0.25) is 0 Å². The zero-order valence-electron chi connectivity index (χ0n) is 14.9. The molecule has 2 rings (SSSR count). The summed E-state index contributed by atoms with van der Waals surface area (Å²) in [5, 5.41) is 15.2. The summed E-state index contributed by atoms with van der Waals surface area (Å²) < 4.78 is 10.9. The molecule has 2 aromatic rings. The molecule has 0 bridgehead atoms. The topological polar surface area (TPSA) is 83.7 Å². The van der Waals surface area contributed by atoms with E-state index < -0.39 is 6.04 Å². The van der Waals surface area contributed by atoms with E-state index in [9.17, 15) is 9.90 Å². The van der Waals surface area contributed by atoms with Crippen LogP contribution in [-0.4, -0.2) is 30.9 Å². The molecule has 0 saturated carbocycles. The van der Waals surface area contributed by atoms with Gasteiger partial charge in [0.25, 0.3) is 0 Å². The highest BCUT2D eigenvalue weighted by Crippen LogP contribution is 2.30. The summed E-state index contributed by atoms with van der Waals surface area (Å²) in [5.41, 5.74) is 0.791. The van der Waals surface area contributed by atoms with Gasteiger partial charge in [-0.2, -0.15) is 0 Å². The number of methoxy groups -OCH3 is 1. The van der Waals surface area contributed by atoms with Crippen LogP contribution in [0.5, 0.6) is 5.75 Å². The molecule has 6 heteroatoms. The minimum absolute atomic E-state index is 0.105. The second-order valence-corrected chi connectivity index (χ2v) is 6.32. The molecule has 1 aromatic heterocycles. The van der Waals surface area contributed by atoms with E-state index in [1.165, 1.54) is 0 Å². The Hall–Kier alpha value is -2.47. The van der Waals surface area contributed by atoms with E-state index in [1.54, 1.807) is 25.5 Å². The van der Waals surface area contributed by atoms with E-state index >= 15 is 0 Å². The van der Waals surface area contributed by atoms with Gasteiger partial charge in [-0.05, 0) is 30.5 Å². The van der Waals surface area contributed by atoms with Gasteiger partial charge in [0.1, 0.15) is 17.6 Å². The molecule has 3 N–H and O–H groups in total. The Bertz CT molecular complexity index is 655. The van der Waals surface area contributed by atoms with Crippen LogP contribution in [0.15, 0.2) is 47.1 Å². The van der Waals surface area contributed by atoms with Gasteiger partial charge in [-0.15, -0.1) is 0 Å². The number of urea groups is 1. The summed E-state index contributed by atoms with van der Waals surface area (Å²) in [6.45, 7) is 3.98. The number of carbonyl (C=O) groups is 1. The highest BCUT2D eigenvalue weighted by molar-refractivity contribution is 5.75. The Morgan fingerprint density at radius 1 is 1.20 bits per heavy atom. The lowest BCUT2D eigenvalue weighted by Crippen LogP contribution is -2.45. The van der Waals surface area contributed by atoms with Crippen molar-refractivity contribution in [2.24, 2.45) is 5.92 Å². The van der Waals surface area contributed by atoms with Crippen LogP contribution in [0.1, 0.15) is 37.6 Å². The van der Waals surface area contributed by atoms with Crippen molar-refractivity contribution in [2.75, 3.05) is 13.7 Å². The Morgan fingerprint density at radius 2 is 1.96 bits per heavy atom. The molecular formula is C19H26N2O4. The van der Waals surface area contributed by atoms with Crippen molar-refractivity contribution in [1.82, 2.24) is 10.6 Å². The fourth-order valence-electron chi connectivity index (χ4n) is 2.77. The molecule has 1 heterocycles.